The molecule has 3 aliphatic carbocycles. The number of allylic oxidation sites excluding steroid dienone is 1. The highest BCUT2D eigenvalue weighted by atomic mass is 32.1. The summed E-state index contributed by atoms with van der Waals surface area (Å²) in [5, 5.41) is 18.6. The molecular weight excluding hydrogens is 420 g/mol. The average Bonchev–Trinajstić information content (AvgIpc) is 3.28. The van der Waals surface area contributed by atoms with Crippen LogP contribution in [-0.2, 0) is 0 Å². The summed E-state index contributed by atoms with van der Waals surface area (Å²) in [7, 11) is 0. The first-order chi connectivity index (χ1) is 15.4. The SMILES string of the molecule is CC1(C)C2CC(=Cc3ccc([N+](=O)[O-])cc3)C(=NNc3nc(-c4ccccc4)cs3)C1C2. The van der Waals surface area contributed by atoms with Gasteiger partial charge in [-0.1, -0.05) is 44.2 Å². The number of hydrazone groups is 1. The molecule has 1 N–H and O–H groups in total. The Morgan fingerprint density at radius 1 is 1.19 bits per heavy atom. The van der Waals surface area contributed by atoms with Crippen LogP contribution in [0.5, 0.6) is 0 Å². The largest absolute Gasteiger partial charge is 0.269 e. The molecule has 2 unspecified atom stereocenters. The third-order valence-electron chi connectivity index (χ3n) is 6.89. The summed E-state index contributed by atoms with van der Waals surface area (Å²) in [6, 6.07) is 16.8. The molecule has 2 bridgehead atoms. The van der Waals surface area contributed by atoms with Crippen LogP contribution in [0.15, 0.2) is 70.7 Å². The lowest BCUT2D eigenvalue weighted by Gasteiger charge is -2.57. The summed E-state index contributed by atoms with van der Waals surface area (Å²) in [4.78, 5) is 15.3. The molecule has 3 aromatic rings. The Labute approximate surface area is 190 Å². The average molecular weight is 445 g/mol. The van der Waals surface area contributed by atoms with E-state index < -0.39 is 0 Å². The second-order valence-corrected chi connectivity index (χ2v) is 9.90. The summed E-state index contributed by atoms with van der Waals surface area (Å²) in [6.07, 6.45) is 4.24. The van der Waals surface area contributed by atoms with E-state index in [9.17, 15) is 10.1 Å². The Kier molecular flexibility index (Phi) is 5.13. The summed E-state index contributed by atoms with van der Waals surface area (Å²) in [5.41, 5.74) is 8.79. The van der Waals surface area contributed by atoms with Crippen LogP contribution in [0.4, 0.5) is 10.8 Å². The number of rotatable bonds is 5. The number of nitro groups is 1. The fourth-order valence-corrected chi connectivity index (χ4v) is 5.43. The molecule has 3 fully saturated rings. The highest BCUT2D eigenvalue weighted by molar-refractivity contribution is 7.14. The van der Waals surface area contributed by atoms with E-state index in [2.05, 4.69) is 25.3 Å². The van der Waals surface area contributed by atoms with Gasteiger partial charge >= 0.3 is 0 Å². The van der Waals surface area contributed by atoms with Crippen molar-refractivity contribution >= 4 is 33.9 Å². The van der Waals surface area contributed by atoms with Gasteiger partial charge in [0.1, 0.15) is 0 Å². The molecule has 1 aromatic heterocycles. The van der Waals surface area contributed by atoms with E-state index in [4.69, 9.17) is 10.1 Å². The Bertz CT molecular complexity index is 1210. The number of non-ortho nitro benzene ring substituents is 1. The number of fused-ring (bicyclic) bond motifs is 2. The van der Waals surface area contributed by atoms with E-state index in [1.807, 2.05) is 35.7 Å². The van der Waals surface area contributed by atoms with E-state index >= 15 is 0 Å². The van der Waals surface area contributed by atoms with Crippen molar-refractivity contribution in [1.29, 1.82) is 0 Å². The Morgan fingerprint density at radius 2 is 1.94 bits per heavy atom. The van der Waals surface area contributed by atoms with E-state index in [0.29, 0.717) is 11.8 Å². The molecule has 2 atom stereocenters. The zero-order valence-electron chi connectivity index (χ0n) is 18.0. The molecule has 162 valence electrons. The van der Waals surface area contributed by atoms with Crippen LogP contribution in [0.25, 0.3) is 17.3 Å². The highest BCUT2D eigenvalue weighted by Gasteiger charge is 2.54. The first kappa shape index (κ1) is 20.6. The summed E-state index contributed by atoms with van der Waals surface area (Å²) < 4.78 is 0. The lowest BCUT2D eigenvalue weighted by atomic mass is 9.47. The fraction of sp³-hybridized carbons (Fsp3) is 0.280. The van der Waals surface area contributed by atoms with E-state index in [1.54, 1.807) is 35.6 Å². The first-order valence-corrected chi connectivity index (χ1v) is 11.6. The number of hydrogen-bond acceptors (Lipinski definition) is 6. The molecule has 6 rings (SSSR count). The van der Waals surface area contributed by atoms with E-state index in [0.717, 1.165) is 40.5 Å². The number of thiazole rings is 1. The molecule has 6 nitrogen and oxygen atoms in total. The van der Waals surface area contributed by atoms with Crippen molar-refractivity contribution in [2.45, 2.75) is 26.7 Å². The lowest BCUT2D eigenvalue weighted by molar-refractivity contribution is -0.384. The van der Waals surface area contributed by atoms with Gasteiger partial charge in [0.15, 0.2) is 0 Å². The number of nitro benzene ring substituents is 1. The monoisotopic (exact) mass is 444 g/mol. The predicted molar refractivity (Wildman–Crippen MR) is 130 cm³/mol. The molecule has 3 saturated carbocycles. The van der Waals surface area contributed by atoms with Crippen LogP contribution in [0.2, 0.25) is 0 Å². The normalized spacial score (nSPS) is 23.7. The number of anilines is 1. The first-order valence-electron chi connectivity index (χ1n) is 10.7. The maximum Gasteiger partial charge on any atom is 0.269 e. The second kappa shape index (κ2) is 7.98. The molecule has 0 radical (unpaired) electrons. The number of benzene rings is 2. The standard InChI is InChI=1S/C25H24N4O2S/c1-25(2)19-13-18(12-16-8-10-20(11-9-16)29(30)31)23(21(25)14-19)27-28-24-26-22(15-32-24)17-6-4-3-5-7-17/h3-12,15,19,21H,13-14H2,1-2H3,(H,26,28). The number of nitrogens with zero attached hydrogens (tertiary/aromatic N) is 3. The lowest BCUT2D eigenvalue weighted by Crippen LogP contribution is -2.53. The van der Waals surface area contributed by atoms with E-state index in [1.165, 1.54) is 5.57 Å². The minimum Gasteiger partial charge on any atom is -0.258 e. The van der Waals surface area contributed by atoms with Gasteiger partial charge in [-0.25, -0.2) is 4.98 Å². The van der Waals surface area contributed by atoms with Gasteiger partial charge in [-0.2, -0.15) is 5.10 Å². The van der Waals surface area contributed by atoms with Gasteiger partial charge in [0.05, 0.1) is 16.3 Å². The number of hydrogen-bond donors (Lipinski definition) is 1. The molecule has 2 aromatic carbocycles. The van der Waals surface area contributed by atoms with Crippen LogP contribution in [-0.4, -0.2) is 15.6 Å². The highest BCUT2D eigenvalue weighted by Crippen LogP contribution is 2.59. The van der Waals surface area contributed by atoms with Crippen molar-refractivity contribution in [3.8, 4) is 11.3 Å². The minimum atomic E-state index is -0.371. The third kappa shape index (κ3) is 3.73. The number of aromatic nitrogens is 1. The maximum atomic E-state index is 10.9. The maximum absolute atomic E-state index is 10.9. The van der Waals surface area contributed by atoms with E-state index in [-0.39, 0.29) is 16.0 Å². The summed E-state index contributed by atoms with van der Waals surface area (Å²) in [5.74, 6) is 1.03. The Morgan fingerprint density at radius 3 is 2.62 bits per heavy atom. The molecule has 0 aliphatic heterocycles. The van der Waals surface area contributed by atoms with Crippen molar-refractivity contribution in [1.82, 2.24) is 4.98 Å². The Hall–Kier alpha value is -3.32. The van der Waals surface area contributed by atoms with Crippen LogP contribution < -0.4 is 5.43 Å². The zero-order valence-corrected chi connectivity index (χ0v) is 18.8. The van der Waals surface area contributed by atoms with Gasteiger partial charge in [0, 0.05) is 29.0 Å². The smallest absolute Gasteiger partial charge is 0.258 e. The van der Waals surface area contributed by atoms with Crippen molar-refractivity contribution in [2.75, 3.05) is 5.43 Å². The molecular formula is C25H24N4O2S. The number of nitrogens with one attached hydrogen (secondary N) is 1. The van der Waals surface area contributed by atoms with Gasteiger partial charge in [-0.15, -0.1) is 11.3 Å². The van der Waals surface area contributed by atoms with Gasteiger partial charge < -0.3 is 0 Å². The summed E-state index contributed by atoms with van der Waals surface area (Å²) in [6.45, 7) is 4.64. The van der Waals surface area contributed by atoms with Crippen LogP contribution in [0.1, 0.15) is 32.3 Å². The minimum absolute atomic E-state index is 0.105. The van der Waals surface area contributed by atoms with Crippen molar-refractivity contribution in [2.24, 2.45) is 22.4 Å². The topological polar surface area (TPSA) is 80.4 Å². The van der Waals surface area contributed by atoms with Gasteiger partial charge in [0.25, 0.3) is 5.69 Å². The van der Waals surface area contributed by atoms with Crippen molar-refractivity contribution < 1.29 is 4.92 Å². The quantitative estimate of drug-likeness (QED) is 0.353. The molecule has 1 heterocycles. The van der Waals surface area contributed by atoms with Gasteiger partial charge in [-0.3, -0.25) is 15.5 Å². The summed E-state index contributed by atoms with van der Waals surface area (Å²) >= 11 is 1.54. The fourth-order valence-electron chi connectivity index (χ4n) is 4.77. The van der Waals surface area contributed by atoms with Crippen LogP contribution in [0, 0.1) is 27.4 Å². The zero-order chi connectivity index (χ0) is 22.3. The predicted octanol–water partition coefficient (Wildman–Crippen LogP) is 6.64. The second-order valence-electron chi connectivity index (χ2n) is 9.04. The molecule has 0 spiro atoms. The van der Waals surface area contributed by atoms with Crippen molar-refractivity contribution in [3.63, 3.8) is 0 Å². The van der Waals surface area contributed by atoms with Crippen LogP contribution in [0.3, 0.4) is 0 Å². The molecule has 0 amide bonds. The van der Waals surface area contributed by atoms with Gasteiger partial charge in [-0.05, 0) is 53.5 Å². The molecule has 3 aliphatic rings. The van der Waals surface area contributed by atoms with Crippen molar-refractivity contribution in [3.05, 3.63) is 81.2 Å². The Balaban J connectivity index is 1.42. The van der Waals surface area contributed by atoms with Crippen LogP contribution >= 0.6 is 11.3 Å². The molecule has 0 saturated heterocycles. The van der Waals surface area contributed by atoms with Gasteiger partial charge in [0.2, 0.25) is 5.13 Å². The molecule has 7 heteroatoms. The molecule has 32 heavy (non-hydrogen) atoms. The third-order valence-corrected chi connectivity index (χ3v) is 7.63.